The summed E-state index contributed by atoms with van der Waals surface area (Å²) in [6, 6.07) is 0. The Kier molecular flexibility index (Phi) is 4.90. The minimum atomic E-state index is 0.305. The first-order valence-electron chi connectivity index (χ1n) is 7.90. The van der Waals surface area contributed by atoms with Gasteiger partial charge in [0.2, 0.25) is 0 Å². The second kappa shape index (κ2) is 6.22. The summed E-state index contributed by atoms with van der Waals surface area (Å²) in [6.07, 6.45) is 15.2. The average Bonchev–Trinajstić information content (AvgIpc) is 2.41. The Bertz CT molecular complexity index is 210. The average molecular weight is 238 g/mol. The van der Waals surface area contributed by atoms with Crippen LogP contribution in [0, 0.1) is 17.3 Å². The third-order valence-corrected chi connectivity index (χ3v) is 5.52. The lowest BCUT2D eigenvalue weighted by molar-refractivity contribution is 0.0375. The number of rotatable bonds is 4. The van der Waals surface area contributed by atoms with Crippen LogP contribution in [0.25, 0.3) is 0 Å². The maximum atomic E-state index is 9.67. The van der Waals surface area contributed by atoms with Crippen molar-refractivity contribution in [3.8, 4) is 0 Å². The molecule has 2 aliphatic rings. The van der Waals surface area contributed by atoms with Crippen LogP contribution in [0.2, 0.25) is 0 Å². The minimum Gasteiger partial charge on any atom is -0.396 e. The van der Waals surface area contributed by atoms with Gasteiger partial charge in [0.1, 0.15) is 0 Å². The molecule has 1 nitrogen and oxygen atoms in total. The molecule has 17 heavy (non-hydrogen) atoms. The van der Waals surface area contributed by atoms with Crippen LogP contribution in [-0.2, 0) is 0 Å². The summed E-state index contributed by atoms with van der Waals surface area (Å²) in [5.41, 5.74) is 0.305. The van der Waals surface area contributed by atoms with Crippen LogP contribution in [0.5, 0.6) is 0 Å². The molecule has 1 N–H and O–H groups in total. The maximum Gasteiger partial charge on any atom is 0.0487 e. The van der Waals surface area contributed by atoms with Gasteiger partial charge in [-0.25, -0.2) is 0 Å². The highest BCUT2D eigenvalue weighted by Gasteiger charge is 2.36. The highest BCUT2D eigenvalue weighted by Crippen LogP contribution is 2.46. The van der Waals surface area contributed by atoms with Crippen molar-refractivity contribution in [2.24, 2.45) is 17.3 Å². The van der Waals surface area contributed by atoms with Crippen molar-refractivity contribution in [3.05, 3.63) is 0 Å². The van der Waals surface area contributed by atoms with Gasteiger partial charge in [0.25, 0.3) is 0 Å². The minimum absolute atomic E-state index is 0.305. The number of hydrogen-bond donors (Lipinski definition) is 1. The van der Waals surface area contributed by atoms with E-state index in [1.54, 1.807) is 0 Å². The SMILES string of the molecule is CCCC1(CO)CCC(C2CCCCC2)CC1. The predicted octanol–water partition coefficient (Wildman–Crippen LogP) is 4.54. The first-order chi connectivity index (χ1) is 8.29. The van der Waals surface area contributed by atoms with Crippen LogP contribution in [-0.4, -0.2) is 11.7 Å². The highest BCUT2D eigenvalue weighted by atomic mass is 16.3. The van der Waals surface area contributed by atoms with Gasteiger partial charge >= 0.3 is 0 Å². The molecular formula is C16H30O. The molecule has 0 aliphatic heterocycles. The molecule has 0 saturated heterocycles. The molecule has 0 radical (unpaired) electrons. The lowest BCUT2D eigenvalue weighted by Crippen LogP contribution is -2.33. The molecule has 2 aliphatic carbocycles. The number of hydrogen-bond acceptors (Lipinski definition) is 1. The maximum absolute atomic E-state index is 9.67. The van der Waals surface area contributed by atoms with Crippen molar-refractivity contribution in [2.75, 3.05) is 6.61 Å². The molecule has 0 spiro atoms. The monoisotopic (exact) mass is 238 g/mol. The standard InChI is InChI=1S/C16H30O/c1-2-10-16(13-17)11-8-15(9-12-16)14-6-4-3-5-7-14/h14-15,17H,2-13H2,1H3. The van der Waals surface area contributed by atoms with E-state index in [0.717, 1.165) is 11.8 Å². The topological polar surface area (TPSA) is 20.2 Å². The van der Waals surface area contributed by atoms with Gasteiger partial charge in [-0.3, -0.25) is 0 Å². The van der Waals surface area contributed by atoms with Gasteiger partial charge in [-0.2, -0.15) is 0 Å². The van der Waals surface area contributed by atoms with E-state index in [1.807, 2.05) is 0 Å². The summed E-state index contributed by atoms with van der Waals surface area (Å²) in [5.74, 6) is 2.02. The van der Waals surface area contributed by atoms with Gasteiger partial charge in [0.15, 0.2) is 0 Å². The third-order valence-electron chi connectivity index (χ3n) is 5.52. The Morgan fingerprint density at radius 1 is 0.941 bits per heavy atom. The Morgan fingerprint density at radius 2 is 1.53 bits per heavy atom. The Balaban J connectivity index is 1.83. The molecule has 1 heteroatoms. The van der Waals surface area contributed by atoms with Crippen molar-refractivity contribution >= 4 is 0 Å². The zero-order valence-electron chi connectivity index (χ0n) is 11.6. The summed E-state index contributed by atoms with van der Waals surface area (Å²) < 4.78 is 0. The molecule has 0 unspecified atom stereocenters. The fourth-order valence-corrected chi connectivity index (χ4v) is 4.35. The van der Waals surface area contributed by atoms with Gasteiger partial charge in [-0.1, -0.05) is 45.4 Å². The molecule has 0 amide bonds. The Labute approximate surface area is 107 Å². The van der Waals surface area contributed by atoms with E-state index in [0.29, 0.717) is 12.0 Å². The smallest absolute Gasteiger partial charge is 0.0487 e. The molecule has 100 valence electrons. The van der Waals surface area contributed by atoms with Crippen LogP contribution in [0.4, 0.5) is 0 Å². The van der Waals surface area contributed by atoms with E-state index < -0.39 is 0 Å². The van der Waals surface area contributed by atoms with Crippen LogP contribution < -0.4 is 0 Å². The van der Waals surface area contributed by atoms with Crippen molar-refractivity contribution < 1.29 is 5.11 Å². The summed E-state index contributed by atoms with van der Waals surface area (Å²) in [5, 5.41) is 9.67. The van der Waals surface area contributed by atoms with Crippen LogP contribution in [0.15, 0.2) is 0 Å². The zero-order chi connectivity index (χ0) is 12.1. The van der Waals surface area contributed by atoms with E-state index in [9.17, 15) is 5.11 Å². The predicted molar refractivity (Wildman–Crippen MR) is 73.0 cm³/mol. The lowest BCUT2D eigenvalue weighted by Gasteiger charge is -2.42. The molecular weight excluding hydrogens is 208 g/mol. The highest BCUT2D eigenvalue weighted by molar-refractivity contribution is 4.87. The fourth-order valence-electron chi connectivity index (χ4n) is 4.35. The largest absolute Gasteiger partial charge is 0.396 e. The Hall–Kier alpha value is -0.0400. The summed E-state index contributed by atoms with van der Waals surface area (Å²) in [4.78, 5) is 0. The molecule has 2 fully saturated rings. The second-order valence-electron chi connectivity index (χ2n) is 6.64. The second-order valence-corrected chi connectivity index (χ2v) is 6.64. The van der Waals surface area contributed by atoms with Gasteiger partial charge in [0, 0.05) is 6.61 Å². The Morgan fingerprint density at radius 3 is 2.06 bits per heavy atom. The van der Waals surface area contributed by atoms with Crippen LogP contribution >= 0.6 is 0 Å². The van der Waals surface area contributed by atoms with Crippen LogP contribution in [0.1, 0.15) is 77.6 Å². The van der Waals surface area contributed by atoms with E-state index in [2.05, 4.69) is 6.92 Å². The summed E-state index contributed by atoms with van der Waals surface area (Å²) >= 11 is 0. The van der Waals surface area contributed by atoms with Crippen molar-refractivity contribution in [1.82, 2.24) is 0 Å². The molecule has 0 bridgehead atoms. The molecule has 0 aromatic rings. The van der Waals surface area contributed by atoms with Gasteiger partial charge in [-0.15, -0.1) is 0 Å². The number of aliphatic hydroxyl groups is 1. The summed E-state index contributed by atoms with van der Waals surface area (Å²) in [6.45, 7) is 2.68. The molecule has 0 aromatic carbocycles. The van der Waals surface area contributed by atoms with Crippen molar-refractivity contribution in [2.45, 2.75) is 77.6 Å². The van der Waals surface area contributed by atoms with Crippen molar-refractivity contribution in [3.63, 3.8) is 0 Å². The quantitative estimate of drug-likeness (QED) is 0.762. The van der Waals surface area contributed by atoms with Gasteiger partial charge < -0.3 is 5.11 Å². The molecule has 0 atom stereocenters. The van der Waals surface area contributed by atoms with Gasteiger partial charge in [0.05, 0.1) is 0 Å². The first kappa shape index (κ1) is 13.4. The third kappa shape index (κ3) is 3.24. The van der Waals surface area contributed by atoms with E-state index in [1.165, 1.54) is 70.6 Å². The molecule has 0 heterocycles. The molecule has 0 aromatic heterocycles. The molecule has 2 saturated carbocycles. The van der Waals surface area contributed by atoms with Crippen molar-refractivity contribution in [1.29, 1.82) is 0 Å². The van der Waals surface area contributed by atoms with Crippen LogP contribution in [0.3, 0.4) is 0 Å². The number of aliphatic hydroxyl groups excluding tert-OH is 1. The molecule has 2 rings (SSSR count). The first-order valence-corrected chi connectivity index (χ1v) is 7.90. The van der Waals surface area contributed by atoms with Gasteiger partial charge in [-0.05, 0) is 49.4 Å². The fraction of sp³-hybridized carbons (Fsp3) is 1.00. The summed E-state index contributed by atoms with van der Waals surface area (Å²) in [7, 11) is 0. The normalized spacial score (nSPS) is 36.0. The zero-order valence-corrected chi connectivity index (χ0v) is 11.6. The lowest BCUT2D eigenvalue weighted by atomic mass is 9.64. The van der Waals surface area contributed by atoms with E-state index >= 15 is 0 Å². The van der Waals surface area contributed by atoms with E-state index in [-0.39, 0.29) is 0 Å². The van der Waals surface area contributed by atoms with E-state index in [4.69, 9.17) is 0 Å².